The van der Waals surface area contributed by atoms with Crippen molar-refractivity contribution in [1.29, 1.82) is 0 Å². The van der Waals surface area contributed by atoms with Gasteiger partial charge in [0.1, 0.15) is 5.75 Å². The summed E-state index contributed by atoms with van der Waals surface area (Å²) in [5, 5.41) is 14.1. The molecule has 19 heavy (non-hydrogen) atoms. The van der Waals surface area contributed by atoms with Gasteiger partial charge in [-0.1, -0.05) is 35.5 Å². The lowest BCUT2D eigenvalue weighted by Gasteiger charge is -2.13. The van der Waals surface area contributed by atoms with Crippen LogP contribution in [0.2, 0.25) is 0 Å². The molecule has 0 atom stereocenters. The molecule has 0 saturated heterocycles. The number of nitrogens with zero attached hydrogens (tertiary/aromatic N) is 1. The van der Waals surface area contributed by atoms with Crippen LogP contribution in [0.25, 0.3) is 10.8 Å². The fourth-order valence-electron chi connectivity index (χ4n) is 1.97. The zero-order chi connectivity index (χ0) is 13.7. The number of fused-ring (bicyclic) bond motifs is 1. The summed E-state index contributed by atoms with van der Waals surface area (Å²) in [6.45, 7) is 1.59. The van der Waals surface area contributed by atoms with Gasteiger partial charge in [-0.05, 0) is 18.4 Å². The minimum absolute atomic E-state index is 0.302. The molecule has 4 heteroatoms. The van der Waals surface area contributed by atoms with Gasteiger partial charge in [-0.25, -0.2) is 0 Å². The topological polar surface area (TPSA) is 41.8 Å². The van der Waals surface area contributed by atoms with Gasteiger partial charge >= 0.3 is 0 Å². The highest BCUT2D eigenvalue weighted by atomic mass is 19.1. The van der Waals surface area contributed by atoms with Crippen LogP contribution in [-0.4, -0.2) is 24.2 Å². The van der Waals surface area contributed by atoms with Crippen molar-refractivity contribution >= 4 is 16.5 Å². The molecule has 0 amide bonds. The molecular formula is C15H16FNO2. The Kier molecular flexibility index (Phi) is 4.34. The van der Waals surface area contributed by atoms with E-state index in [1.54, 1.807) is 6.92 Å². The molecule has 0 aliphatic rings. The predicted molar refractivity (Wildman–Crippen MR) is 74.0 cm³/mol. The largest absolute Gasteiger partial charge is 0.492 e. The Hall–Kier alpha value is -2.10. The first-order valence-corrected chi connectivity index (χ1v) is 6.17. The molecule has 0 spiro atoms. The standard InChI is InChI=1S/C15H16FNO2/c1-11(17-18)13-8-7-12-5-2-3-6-14(12)15(13)19-10-4-9-16/h2-3,5-8,18H,4,9-10H2,1H3/b17-11-. The Morgan fingerprint density at radius 3 is 2.79 bits per heavy atom. The minimum Gasteiger partial charge on any atom is -0.492 e. The van der Waals surface area contributed by atoms with E-state index >= 15 is 0 Å². The molecule has 0 saturated carbocycles. The number of hydrogen-bond donors (Lipinski definition) is 1. The van der Waals surface area contributed by atoms with Crippen LogP contribution in [0.1, 0.15) is 18.9 Å². The molecule has 100 valence electrons. The van der Waals surface area contributed by atoms with E-state index in [0.29, 0.717) is 24.5 Å². The fourth-order valence-corrected chi connectivity index (χ4v) is 1.97. The van der Waals surface area contributed by atoms with E-state index in [9.17, 15) is 4.39 Å². The van der Waals surface area contributed by atoms with Gasteiger partial charge < -0.3 is 9.94 Å². The monoisotopic (exact) mass is 261 g/mol. The molecule has 2 aromatic carbocycles. The second-order valence-electron chi connectivity index (χ2n) is 4.24. The molecule has 0 aliphatic heterocycles. The van der Waals surface area contributed by atoms with Crippen LogP contribution in [0.3, 0.4) is 0 Å². The number of benzene rings is 2. The number of ether oxygens (including phenoxy) is 1. The van der Waals surface area contributed by atoms with Gasteiger partial charge in [0, 0.05) is 17.4 Å². The molecule has 0 bridgehead atoms. The zero-order valence-electron chi connectivity index (χ0n) is 10.8. The van der Waals surface area contributed by atoms with Crippen LogP contribution in [-0.2, 0) is 0 Å². The lowest BCUT2D eigenvalue weighted by molar-refractivity contribution is 0.291. The molecule has 2 rings (SSSR count). The molecule has 0 fully saturated rings. The maximum Gasteiger partial charge on any atom is 0.136 e. The Bertz CT molecular complexity index is 596. The second-order valence-corrected chi connectivity index (χ2v) is 4.24. The lowest BCUT2D eigenvalue weighted by atomic mass is 10.0. The van der Waals surface area contributed by atoms with Crippen LogP contribution in [0.4, 0.5) is 4.39 Å². The highest BCUT2D eigenvalue weighted by molar-refractivity contribution is 6.06. The first-order chi connectivity index (χ1) is 9.27. The SMILES string of the molecule is C/C(=N/O)c1ccc2ccccc2c1OCCCF. The number of oxime groups is 1. The zero-order valence-corrected chi connectivity index (χ0v) is 10.8. The Morgan fingerprint density at radius 2 is 2.05 bits per heavy atom. The third-order valence-corrected chi connectivity index (χ3v) is 2.94. The first-order valence-electron chi connectivity index (χ1n) is 6.17. The molecule has 1 N–H and O–H groups in total. The van der Waals surface area contributed by atoms with Gasteiger partial charge in [0.2, 0.25) is 0 Å². The number of hydrogen-bond acceptors (Lipinski definition) is 3. The number of alkyl halides is 1. The summed E-state index contributed by atoms with van der Waals surface area (Å²) in [6, 6.07) is 11.6. The molecule has 0 radical (unpaired) electrons. The van der Waals surface area contributed by atoms with E-state index in [1.807, 2.05) is 36.4 Å². The molecular weight excluding hydrogens is 245 g/mol. The molecule has 0 unspecified atom stereocenters. The minimum atomic E-state index is -0.410. The maximum atomic E-state index is 12.2. The van der Waals surface area contributed by atoms with Gasteiger partial charge in [0.15, 0.2) is 0 Å². The van der Waals surface area contributed by atoms with Crippen molar-refractivity contribution in [1.82, 2.24) is 0 Å². The van der Waals surface area contributed by atoms with E-state index in [2.05, 4.69) is 5.16 Å². The van der Waals surface area contributed by atoms with E-state index in [-0.39, 0.29) is 0 Å². The van der Waals surface area contributed by atoms with Gasteiger partial charge in [-0.3, -0.25) is 4.39 Å². The summed E-state index contributed by atoms with van der Waals surface area (Å²) in [4.78, 5) is 0. The van der Waals surface area contributed by atoms with Crippen LogP contribution in [0.15, 0.2) is 41.6 Å². The highest BCUT2D eigenvalue weighted by Crippen LogP contribution is 2.30. The quantitative estimate of drug-likeness (QED) is 0.385. The Labute approximate surface area is 111 Å². The predicted octanol–water partition coefficient (Wildman–Crippen LogP) is 3.78. The Morgan fingerprint density at radius 1 is 1.26 bits per heavy atom. The third kappa shape index (κ3) is 2.84. The fraction of sp³-hybridized carbons (Fsp3) is 0.267. The van der Waals surface area contributed by atoms with Crippen molar-refractivity contribution in [3.63, 3.8) is 0 Å². The normalized spacial score (nSPS) is 11.8. The van der Waals surface area contributed by atoms with Gasteiger partial charge in [-0.15, -0.1) is 0 Å². The summed E-state index contributed by atoms with van der Waals surface area (Å²) in [6.07, 6.45) is 0.345. The van der Waals surface area contributed by atoms with Gasteiger partial charge in [0.05, 0.1) is 19.0 Å². The lowest BCUT2D eigenvalue weighted by Crippen LogP contribution is -2.05. The smallest absolute Gasteiger partial charge is 0.136 e. The highest BCUT2D eigenvalue weighted by Gasteiger charge is 2.11. The molecule has 3 nitrogen and oxygen atoms in total. The van der Waals surface area contributed by atoms with Gasteiger partial charge in [-0.2, -0.15) is 0 Å². The van der Waals surface area contributed by atoms with Crippen molar-refractivity contribution in [2.75, 3.05) is 13.3 Å². The van der Waals surface area contributed by atoms with Gasteiger partial charge in [0.25, 0.3) is 0 Å². The molecule has 0 aromatic heterocycles. The second kappa shape index (κ2) is 6.18. The number of rotatable bonds is 5. The summed E-state index contributed by atoms with van der Waals surface area (Å²) in [5.41, 5.74) is 1.20. The maximum absolute atomic E-state index is 12.2. The summed E-state index contributed by atoms with van der Waals surface area (Å²) >= 11 is 0. The third-order valence-electron chi connectivity index (χ3n) is 2.94. The summed E-state index contributed by atoms with van der Waals surface area (Å²) in [7, 11) is 0. The van der Waals surface area contributed by atoms with Crippen LogP contribution < -0.4 is 4.74 Å². The van der Waals surface area contributed by atoms with Crippen molar-refractivity contribution in [3.05, 3.63) is 42.0 Å². The average Bonchev–Trinajstić information content (AvgIpc) is 2.46. The van der Waals surface area contributed by atoms with E-state index in [4.69, 9.17) is 9.94 Å². The van der Waals surface area contributed by atoms with Crippen LogP contribution in [0, 0.1) is 0 Å². The van der Waals surface area contributed by atoms with E-state index in [0.717, 1.165) is 16.3 Å². The average molecular weight is 261 g/mol. The van der Waals surface area contributed by atoms with Crippen LogP contribution >= 0.6 is 0 Å². The van der Waals surface area contributed by atoms with Crippen molar-refractivity contribution in [2.45, 2.75) is 13.3 Å². The molecule has 0 aliphatic carbocycles. The summed E-state index contributed by atoms with van der Waals surface area (Å²) < 4.78 is 17.9. The van der Waals surface area contributed by atoms with Crippen molar-refractivity contribution < 1.29 is 14.3 Å². The van der Waals surface area contributed by atoms with Crippen molar-refractivity contribution in [3.8, 4) is 5.75 Å². The van der Waals surface area contributed by atoms with Crippen LogP contribution in [0.5, 0.6) is 5.75 Å². The summed E-state index contributed by atoms with van der Waals surface area (Å²) in [5.74, 6) is 0.641. The van der Waals surface area contributed by atoms with Crippen molar-refractivity contribution in [2.24, 2.45) is 5.16 Å². The van der Waals surface area contributed by atoms with E-state index < -0.39 is 6.67 Å². The molecule has 0 heterocycles. The Balaban J connectivity index is 2.51. The van der Waals surface area contributed by atoms with E-state index in [1.165, 1.54) is 0 Å². The first kappa shape index (κ1) is 13.3. The molecule has 2 aromatic rings. The number of halogens is 1.